The van der Waals surface area contributed by atoms with E-state index in [1.54, 1.807) is 0 Å². The summed E-state index contributed by atoms with van der Waals surface area (Å²) in [5.41, 5.74) is 0. The van der Waals surface area contributed by atoms with Crippen molar-refractivity contribution in [3.8, 4) is 0 Å². The van der Waals surface area contributed by atoms with Crippen LogP contribution in [-0.4, -0.2) is 49.1 Å². The normalized spacial score (nSPS) is 17.7. The Bertz CT molecular complexity index is 775. The molecule has 2 heterocycles. The molecular formula is C48H88N2. The van der Waals surface area contributed by atoms with Crippen molar-refractivity contribution in [3.05, 3.63) is 48.6 Å². The van der Waals surface area contributed by atoms with Crippen LogP contribution in [0.25, 0.3) is 0 Å². The van der Waals surface area contributed by atoms with Gasteiger partial charge in [0.05, 0.1) is 0 Å². The van der Waals surface area contributed by atoms with Crippen molar-refractivity contribution in [3.63, 3.8) is 0 Å². The zero-order valence-electron chi connectivity index (χ0n) is 34.3. The molecule has 0 aromatic rings. The van der Waals surface area contributed by atoms with Crippen LogP contribution in [0.4, 0.5) is 0 Å². The van der Waals surface area contributed by atoms with Crippen LogP contribution >= 0.6 is 0 Å². The van der Waals surface area contributed by atoms with E-state index in [9.17, 15) is 0 Å². The molecule has 0 N–H and O–H groups in total. The molecule has 290 valence electrons. The first kappa shape index (κ1) is 45.0. The quantitative estimate of drug-likeness (QED) is 0.0511. The van der Waals surface area contributed by atoms with Gasteiger partial charge >= 0.3 is 0 Å². The molecule has 2 heteroatoms. The molecule has 2 nitrogen and oxygen atoms in total. The molecule has 50 heavy (non-hydrogen) atoms. The fourth-order valence-electron chi connectivity index (χ4n) is 8.50. The summed E-state index contributed by atoms with van der Waals surface area (Å²) < 4.78 is 0. The summed E-state index contributed by atoms with van der Waals surface area (Å²) in [5.74, 6) is 2.01. The number of hydrogen-bond acceptors (Lipinski definition) is 2. The molecule has 0 atom stereocenters. The van der Waals surface area contributed by atoms with Gasteiger partial charge in [-0.3, -0.25) is 0 Å². The molecule has 0 aliphatic carbocycles. The van der Waals surface area contributed by atoms with Crippen LogP contribution < -0.4 is 0 Å². The maximum atomic E-state index is 2.96. The van der Waals surface area contributed by atoms with Crippen molar-refractivity contribution in [1.29, 1.82) is 0 Å². The van der Waals surface area contributed by atoms with E-state index >= 15 is 0 Å². The van der Waals surface area contributed by atoms with Crippen molar-refractivity contribution in [2.75, 3.05) is 33.2 Å². The number of hydrogen-bond donors (Lipinski definition) is 0. The topological polar surface area (TPSA) is 6.48 Å². The Balaban J connectivity index is 1.57. The summed E-state index contributed by atoms with van der Waals surface area (Å²) in [6.07, 6.45) is 60.3. The Morgan fingerprint density at radius 2 is 0.760 bits per heavy atom. The highest BCUT2D eigenvalue weighted by Gasteiger charge is 2.30. The second kappa shape index (κ2) is 33.7. The second-order valence-electron chi connectivity index (χ2n) is 16.4. The minimum atomic E-state index is 0.852. The molecular weight excluding hydrogens is 605 g/mol. The van der Waals surface area contributed by atoms with E-state index in [4.69, 9.17) is 0 Å². The second-order valence-corrected chi connectivity index (χ2v) is 16.4. The van der Waals surface area contributed by atoms with Crippen molar-refractivity contribution in [2.45, 2.75) is 213 Å². The van der Waals surface area contributed by atoms with Crippen LogP contribution in [0.15, 0.2) is 48.6 Å². The van der Waals surface area contributed by atoms with Gasteiger partial charge in [0.25, 0.3) is 0 Å². The Kier molecular flexibility index (Phi) is 30.4. The number of likely N-dealkylation sites (tertiary alicyclic amines) is 2. The Labute approximate surface area is 315 Å². The van der Waals surface area contributed by atoms with Gasteiger partial charge in [0.15, 0.2) is 0 Å². The average molecular weight is 693 g/mol. The smallest absolute Gasteiger partial charge is 0.00952 e. The average Bonchev–Trinajstić information content (AvgIpc) is 3.14. The molecule has 2 fully saturated rings. The molecule has 2 aliphatic heterocycles. The van der Waals surface area contributed by atoms with Crippen LogP contribution in [0.5, 0.6) is 0 Å². The Morgan fingerprint density at radius 1 is 0.420 bits per heavy atom. The first-order valence-corrected chi connectivity index (χ1v) is 22.8. The highest BCUT2D eigenvalue weighted by atomic mass is 15.2. The van der Waals surface area contributed by atoms with E-state index in [1.165, 1.54) is 206 Å². The molecule has 0 saturated carbocycles. The minimum Gasteiger partial charge on any atom is -0.306 e. The zero-order chi connectivity index (χ0) is 35.6. The van der Waals surface area contributed by atoms with E-state index < -0.39 is 0 Å². The molecule has 2 aliphatic rings. The number of nitrogens with zero attached hydrogens (tertiary/aromatic N) is 2. The molecule has 0 bridgehead atoms. The Hall–Kier alpha value is -1.12. The van der Waals surface area contributed by atoms with Gasteiger partial charge in [-0.2, -0.15) is 0 Å². The molecule has 0 radical (unpaired) electrons. The van der Waals surface area contributed by atoms with Gasteiger partial charge in [0.1, 0.15) is 0 Å². The fraction of sp³-hybridized carbons (Fsp3) is 0.833. The first-order valence-electron chi connectivity index (χ1n) is 22.8. The molecule has 0 spiro atoms. The third kappa shape index (κ3) is 25.0. The number of rotatable bonds is 32. The van der Waals surface area contributed by atoms with Gasteiger partial charge in [0.2, 0.25) is 0 Å². The van der Waals surface area contributed by atoms with Gasteiger partial charge < -0.3 is 9.80 Å². The lowest BCUT2D eigenvalue weighted by atomic mass is 9.78. The predicted octanol–water partition coefficient (Wildman–Crippen LogP) is 14.8. The lowest BCUT2D eigenvalue weighted by molar-refractivity contribution is 0.0745. The molecule has 0 amide bonds. The lowest BCUT2D eigenvalue weighted by Gasteiger charge is -2.42. The molecule has 2 rings (SSSR count). The highest BCUT2D eigenvalue weighted by molar-refractivity contribution is 4.93. The van der Waals surface area contributed by atoms with E-state index in [0.717, 1.165) is 30.7 Å². The molecule has 0 aromatic carbocycles. The van der Waals surface area contributed by atoms with Gasteiger partial charge in [-0.1, -0.05) is 152 Å². The van der Waals surface area contributed by atoms with Crippen molar-refractivity contribution >= 4 is 0 Å². The number of allylic oxidation sites excluding steroid dienone is 8. The van der Waals surface area contributed by atoms with Crippen LogP contribution in [0.3, 0.4) is 0 Å². The van der Waals surface area contributed by atoms with E-state index in [0.29, 0.717) is 0 Å². The minimum absolute atomic E-state index is 0.852. The van der Waals surface area contributed by atoms with E-state index in [2.05, 4.69) is 79.3 Å². The summed E-state index contributed by atoms with van der Waals surface area (Å²) in [7, 11) is 2.31. The van der Waals surface area contributed by atoms with E-state index in [-0.39, 0.29) is 0 Å². The monoisotopic (exact) mass is 693 g/mol. The van der Waals surface area contributed by atoms with Crippen LogP contribution in [-0.2, 0) is 0 Å². The molecule has 0 unspecified atom stereocenters. The van der Waals surface area contributed by atoms with Crippen molar-refractivity contribution in [1.82, 2.24) is 9.80 Å². The van der Waals surface area contributed by atoms with Crippen LogP contribution in [0.1, 0.15) is 206 Å². The van der Waals surface area contributed by atoms with Gasteiger partial charge in [0, 0.05) is 6.04 Å². The maximum absolute atomic E-state index is 2.96. The predicted molar refractivity (Wildman–Crippen MR) is 226 cm³/mol. The lowest BCUT2D eigenvalue weighted by Crippen LogP contribution is -2.44. The zero-order valence-corrected chi connectivity index (χ0v) is 34.3. The first-order chi connectivity index (χ1) is 24.7. The van der Waals surface area contributed by atoms with E-state index in [1.807, 2.05) is 0 Å². The Morgan fingerprint density at radius 3 is 1.16 bits per heavy atom. The summed E-state index contributed by atoms with van der Waals surface area (Å²) >= 11 is 0. The molecule has 2 saturated heterocycles. The maximum Gasteiger partial charge on any atom is 0.00952 e. The summed E-state index contributed by atoms with van der Waals surface area (Å²) in [4.78, 5) is 5.51. The SMILES string of the molecule is CCCCC/C=C\C/C=C\CCCCCCCCC(CCCCCCCC/C=C\C/C=C\CCCCC)N1CCC(C2CCN(C)CC2)CC1. The fourth-order valence-corrected chi connectivity index (χ4v) is 8.50. The number of piperidine rings is 2. The summed E-state index contributed by atoms with van der Waals surface area (Å²) in [6, 6.07) is 0.852. The largest absolute Gasteiger partial charge is 0.306 e. The number of unbranched alkanes of at least 4 members (excludes halogenated alkanes) is 18. The van der Waals surface area contributed by atoms with Crippen molar-refractivity contribution < 1.29 is 0 Å². The van der Waals surface area contributed by atoms with Gasteiger partial charge in [-0.25, -0.2) is 0 Å². The van der Waals surface area contributed by atoms with Gasteiger partial charge in [-0.15, -0.1) is 0 Å². The third-order valence-electron chi connectivity index (χ3n) is 12.0. The van der Waals surface area contributed by atoms with Crippen molar-refractivity contribution in [2.24, 2.45) is 11.8 Å². The molecule has 0 aromatic heterocycles. The van der Waals surface area contributed by atoms with Crippen LogP contribution in [0.2, 0.25) is 0 Å². The summed E-state index contributed by atoms with van der Waals surface area (Å²) in [5, 5.41) is 0. The standard InChI is InChI=1S/C48H88N2/c1-4-6-8-10-12-14-16-18-20-22-24-26-28-30-32-34-36-48(50-44-40-47(41-45-50)46-38-42-49(3)43-39-46)37-35-33-31-29-27-25-23-21-19-17-15-13-11-9-7-5-2/h12-15,18-21,46-48H,4-11,16-17,22-45H2,1-3H3/b14-12-,15-13-,20-18-,21-19-. The van der Waals surface area contributed by atoms with Crippen LogP contribution in [0, 0.1) is 11.8 Å². The highest BCUT2D eigenvalue weighted by Crippen LogP contribution is 2.34. The summed E-state index contributed by atoms with van der Waals surface area (Å²) in [6.45, 7) is 9.98. The third-order valence-corrected chi connectivity index (χ3v) is 12.0. The van der Waals surface area contributed by atoms with Gasteiger partial charge in [-0.05, 0) is 148 Å².